The average molecular weight is 419 g/mol. The van der Waals surface area contributed by atoms with Gasteiger partial charge in [-0.25, -0.2) is 8.42 Å². The average Bonchev–Trinajstić information content (AvgIpc) is 2.77. The van der Waals surface area contributed by atoms with Crippen LogP contribution in [0.15, 0.2) is 93.8 Å². The molecule has 3 aromatic carbocycles. The molecular formula is C24H22N2O3S. The topological polar surface area (TPSA) is 75.6 Å². The standard InChI is InChI=1S/C24H22N2O3S/c1-18-8-11-21(16-20(18)14-15-25-2)24(27)26-17-19-9-12-23(13-10-19)30(28,29)22-6-4-3-5-7-22/h3-16H,2,17H2,1H3,(H,26,27)/b15-14-. The summed E-state index contributed by atoms with van der Waals surface area (Å²) in [5.41, 5.74) is 3.26. The molecule has 0 fully saturated rings. The van der Waals surface area contributed by atoms with E-state index in [1.807, 2.05) is 13.0 Å². The Morgan fingerprint density at radius 1 is 1.00 bits per heavy atom. The number of nitrogens with zero attached hydrogens (tertiary/aromatic N) is 1. The van der Waals surface area contributed by atoms with Gasteiger partial charge >= 0.3 is 0 Å². The lowest BCUT2D eigenvalue weighted by Gasteiger charge is -2.09. The Labute approximate surface area is 176 Å². The smallest absolute Gasteiger partial charge is 0.251 e. The van der Waals surface area contributed by atoms with Crippen molar-refractivity contribution in [2.24, 2.45) is 4.99 Å². The third kappa shape index (κ3) is 4.90. The summed E-state index contributed by atoms with van der Waals surface area (Å²) in [7, 11) is -3.55. The Morgan fingerprint density at radius 2 is 1.67 bits per heavy atom. The summed E-state index contributed by atoms with van der Waals surface area (Å²) in [6.45, 7) is 5.65. The summed E-state index contributed by atoms with van der Waals surface area (Å²) in [6.07, 6.45) is 3.38. The molecule has 0 aromatic heterocycles. The van der Waals surface area contributed by atoms with Gasteiger partial charge in [-0.3, -0.25) is 9.79 Å². The van der Waals surface area contributed by atoms with Gasteiger partial charge < -0.3 is 5.32 Å². The van der Waals surface area contributed by atoms with Crippen LogP contribution in [-0.2, 0) is 16.4 Å². The Balaban J connectivity index is 1.69. The summed E-state index contributed by atoms with van der Waals surface area (Å²) >= 11 is 0. The van der Waals surface area contributed by atoms with Crippen LogP contribution < -0.4 is 5.32 Å². The molecule has 6 heteroatoms. The first kappa shape index (κ1) is 21.2. The van der Waals surface area contributed by atoms with Crippen molar-refractivity contribution < 1.29 is 13.2 Å². The number of aryl methyl sites for hydroxylation is 1. The third-order valence-corrected chi connectivity index (χ3v) is 6.43. The predicted molar refractivity (Wildman–Crippen MR) is 119 cm³/mol. The van der Waals surface area contributed by atoms with E-state index in [1.165, 1.54) is 0 Å². The Bertz CT molecular complexity index is 1180. The highest BCUT2D eigenvalue weighted by atomic mass is 32.2. The highest BCUT2D eigenvalue weighted by Crippen LogP contribution is 2.21. The minimum Gasteiger partial charge on any atom is -0.348 e. The first-order chi connectivity index (χ1) is 14.4. The lowest BCUT2D eigenvalue weighted by Crippen LogP contribution is -2.22. The van der Waals surface area contributed by atoms with Crippen LogP contribution in [0.25, 0.3) is 6.08 Å². The van der Waals surface area contributed by atoms with Crippen LogP contribution in [0.5, 0.6) is 0 Å². The van der Waals surface area contributed by atoms with E-state index in [0.717, 1.165) is 16.7 Å². The van der Waals surface area contributed by atoms with Gasteiger partial charge in [0.2, 0.25) is 9.84 Å². The van der Waals surface area contributed by atoms with Crippen LogP contribution in [-0.4, -0.2) is 21.0 Å². The van der Waals surface area contributed by atoms with Crippen molar-refractivity contribution in [1.29, 1.82) is 0 Å². The fraction of sp³-hybridized carbons (Fsp3) is 0.0833. The molecule has 0 spiro atoms. The lowest BCUT2D eigenvalue weighted by atomic mass is 10.0. The number of carbonyl (C=O) groups excluding carboxylic acids is 1. The molecule has 0 radical (unpaired) electrons. The van der Waals surface area contributed by atoms with Gasteiger partial charge in [0.05, 0.1) is 9.79 Å². The highest BCUT2D eigenvalue weighted by molar-refractivity contribution is 7.91. The molecule has 0 saturated heterocycles. The summed E-state index contributed by atoms with van der Waals surface area (Å²) in [6, 6.07) is 20.2. The molecule has 1 N–H and O–H groups in total. The van der Waals surface area contributed by atoms with Crippen molar-refractivity contribution in [3.8, 4) is 0 Å². The second-order valence-corrected chi connectivity index (χ2v) is 8.66. The van der Waals surface area contributed by atoms with E-state index in [0.29, 0.717) is 5.56 Å². The van der Waals surface area contributed by atoms with Crippen molar-refractivity contribution >= 4 is 28.5 Å². The van der Waals surface area contributed by atoms with Crippen LogP contribution in [0.2, 0.25) is 0 Å². The molecule has 5 nitrogen and oxygen atoms in total. The predicted octanol–water partition coefficient (Wildman–Crippen LogP) is 4.43. The third-order valence-electron chi connectivity index (χ3n) is 4.64. The van der Waals surface area contributed by atoms with Gasteiger partial charge in [0, 0.05) is 18.3 Å². The number of hydrogen-bond acceptors (Lipinski definition) is 4. The minimum absolute atomic E-state index is 0.211. The van der Waals surface area contributed by atoms with Crippen molar-refractivity contribution in [3.05, 3.63) is 101 Å². The first-order valence-corrected chi connectivity index (χ1v) is 10.8. The molecule has 3 aromatic rings. The second kappa shape index (κ2) is 9.33. The van der Waals surface area contributed by atoms with Crippen LogP contribution >= 0.6 is 0 Å². The van der Waals surface area contributed by atoms with E-state index >= 15 is 0 Å². The van der Waals surface area contributed by atoms with Crippen LogP contribution in [0, 0.1) is 6.92 Å². The Hall–Kier alpha value is -3.51. The maximum absolute atomic E-state index is 12.6. The number of rotatable bonds is 7. The first-order valence-electron chi connectivity index (χ1n) is 9.32. The number of nitrogens with one attached hydrogen (secondary N) is 1. The molecule has 0 unspecified atom stereocenters. The number of benzene rings is 3. The van der Waals surface area contributed by atoms with Crippen molar-refractivity contribution in [2.75, 3.05) is 0 Å². The van der Waals surface area contributed by atoms with E-state index < -0.39 is 9.84 Å². The molecule has 0 heterocycles. The van der Waals surface area contributed by atoms with Gasteiger partial charge in [-0.2, -0.15) is 0 Å². The Morgan fingerprint density at radius 3 is 2.33 bits per heavy atom. The number of carbonyl (C=O) groups is 1. The van der Waals surface area contributed by atoms with Gasteiger partial charge in [-0.05, 0) is 72.8 Å². The van der Waals surface area contributed by atoms with Gasteiger partial charge in [-0.15, -0.1) is 0 Å². The summed E-state index contributed by atoms with van der Waals surface area (Å²) < 4.78 is 25.3. The zero-order valence-corrected chi connectivity index (χ0v) is 17.4. The molecular weight excluding hydrogens is 396 g/mol. The zero-order valence-electron chi connectivity index (χ0n) is 16.6. The van der Waals surface area contributed by atoms with Gasteiger partial charge in [-0.1, -0.05) is 36.4 Å². The van der Waals surface area contributed by atoms with Crippen molar-refractivity contribution in [3.63, 3.8) is 0 Å². The molecule has 3 rings (SSSR count). The number of amides is 1. The SMILES string of the molecule is C=N/C=C\c1cc(C(=O)NCc2ccc(S(=O)(=O)c3ccccc3)cc2)ccc1C. The largest absolute Gasteiger partial charge is 0.348 e. The fourth-order valence-corrected chi connectivity index (χ4v) is 4.18. The zero-order chi connectivity index (χ0) is 21.6. The highest BCUT2D eigenvalue weighted by Gasteiger charge is 2.16. The van der Waals surface area contributed by atoms with E-state index in [4.69, 9.17) is 0 Å². The summed E-state index contributed by atoms with van der Waals surface area (Å²) in [5, 5.41) is 2.86. The van der Waals surface area contributed by atoms with Crippen LogP contribution in [0.1, 0.15) is 27.0 Å². The van der Waals surface area contributed by atoms with E-state index in [9.17, 15) is 13.2 Å². The maximum atomic E-state index is 12.6. The molecule has 0 aliphatic carbocycles. The normalized spacial score (nSPS) is 11.4. The van der Waals surface area contributed by atoms with Crippen LogP contribution in [0.4, 0.5) is 0 Å². The Kier molecular flexibility index (Phi) is 6.59. The monoisotopic (exact) mass is 418 g/mol. The van der Waals surface area contributed by atoms with E-state index in [2.05, 4.69) is 17.0 Å². The van der Waals surface area contributed by atoms with Gasteiger partial charge in [0.15, 0.2) is 0 Å². The number of aliphatic imine (C=N–C) groups is 1. The van der Waals surface area contributed by atoms with Gasteiger partial charge in [0.25, 0.3) is 5.91 Å². The fourth-order valence-electron chi connectivity index (χ4n) is 2.90. The molecule has 0 atom stereocenters. The molecule has 0 saturated carbocycles. The molecule has 0 aliphatic rings. The quantitative estimate of drug-likeness (QED) is 0.577. The minimum atomic E-state index is -3.55. The molecule has 1 amide bonds. The number of hydrogen-bond donors (Lipinski definition) is 1. The maximum Gasteiger partial charge on any atom is 0.251 e. The van der Waals surface area contributed by atoms with Crippen molar-refractivity contribution in [1.82, 2.24) is 5.32 Å². The summed E-state index contributed by atoms with van der Waals surface area (Å²) in [4.78, 5) is 16.7. The van der Waals surface area contributed by atoms with E-state index in [1.54, 1.807) is 79.0 Å². The lowest BCUT2D eigenvalue weighted by molar-refractivity contribution is 0.0951. The molecule has 152 valence electrons. The second-order valence-electron chi connectivity index (χ2n) is 6.71. The molecule has 30 heavy (non-hydrogen) atoms. The number of sulfone groups is 1. The van der Waals surface area contributed by atoms with Gasteiger partial charge in [0.1, 0.15) is 0 Å². The van der Waals surface area contributed by atoms with Crippen LogP contribution in [0.3, 0.4) is 0 Å². The van der Waals surface area contributed by atoms with E-state index in [-0.39, 0.29) is 22.2 Å². The summed E-state index contributed by atoms with van der Waals surface area (Å²) in [5.74, 6) is -0.211. The van der Waals surface area contributed by atoms with Crippen molar-refractivity contribution in [2.45, 2.75) is 23.3 Å². The molecule has 0 bridgehead atoms. The molecule has 0 aliphatic heterocycles.